The van der Waals surface area contributed by atoms with Crippen molar-refractivity contribution in [3.8, 4) is 0 Å². The molecule has 0 bridgehead atoms. The number of rotatable bonds is 2. The van der Waals surface area contributed by atoms with Crippen molar-refractivity contribution in [3.63, 3.8) is 0 Å². The highest BCUT2D eigenvalue weighted by atomic mass is 16.5. The van der Waals surface area contributed by atoms with Gasteiger partial charge in [0.15, 0.2) is 5.76 Å². The van der Waals surface area contributed by atoms with Gasteiger partial charge in [0, 0.05) is 5.56 Å². The molecule has 0 aliphatic heterocycles. The largest absolute Gasteiger partial charge is 0.356 e. The average Bonchev–Trinajstić information content (AvgIpc) is 2.80. The average molecular weight is 239 g/mol. The van der Waals surface area contributed by atoms with Crippen molar-refractivity contribution in [1.82, 2.24) is 5.16 Å². The molecule has 2 heteroatoms. The first-order valence-corrected chi connectivity index (χ1v) is 6.53. The number of benzene rings is 1. The molecule has 0 atom stereocenters. The first-order chi connectivity index (χ1) is 8.78. The minimum Gasteiger partial charge on any atom is -0.356 e. The first-order valence-electron chi connectivity index (χ1n) is 6.53. The number of allylic oxidation sites excluding steroid dienone is 1. The topological polar surface area (TPSA) is 26.0 Å². The highest BCUT2D eigenvalue weighted by Crippen LogP contribution is 2.31. The lowest BCUT2D eigenvalue weighted by Crippen LogP contribution is -1.98. The van der Waals surface area contributed by atoms with Gasteiger partial charge in [0.1, 0.15) is 0 Å². The van der Waals surface area contributed by atoms with E-state index in [9.17, 15) is 0 Å². The van der Waals surface area contributed by atoms with Crippen LogP contribution in [0.15, 0.2) is 28.8 Å². The molecule has 0 radical (unpaired) electrons. The molecule has 2 nitrogen and oxygen atoms in total. The molecule has 0 unspecified atom stereocenters. The summed E-state index contributed by atoms with van der Waals surface area (Å²) in [6.07, 6.45) is 5.33. The maximum absolute atomic E-state index is 5.36. The zero-order valence-corrected chi connectivity index (χ0v) is 10.9. The van der Waals surface area contributed by atoms with E-state index in [-0.39, 0.29) is 0 Å². The van der Waals surface area contributed by atoms with Gasteiger partial charge in [0.05, 0.1) is 5.69 Å². The van der Waals surface area contributed by atoms with E-state index in [1.54, 1.807) is 0 Å². The lowest BCUT2D eigenvalue weighted by Gasteiger charge is -2.13. The minimum atomic E-state index is 0.938. The molecule has 0 saturated heterocycles. The predicted octanol–water partition coefficient (Wildman–Crippen LogP) is 4.03. The Morgan fingerprint density at radius 2 is 1.94 bits per heavy atom. The van der Waals surface area contributed by atoms with Crippen LogP contribution >= 0.6 is 0 Å². The van der Waals surface area contributed by atoms with Crippen LogP contribution in [-0.2, 0) is 12.8 Å². The van der Waals surface area contributed by atoms with Crippen LogP contribution in [0, 0.1) is 6.92 Å². The normalized spacial score (nSPS) is 14.2. The van der Waals surface area contributed by atoms with Crippen LogP contribution < -0.4 is 0 Å². The van der Waals surface area contributed by atoms with Gasteiger partial charge >= 0.3 is 0 Å². The summed E-state index contributed by atoms with van der Waals surface area (Å²) in [4.78, 5) is 0. The maximum Gasteiger partial charge on any atom is 0.163 e. The molecule has 1 aromatic heterocycles. The van der Waals surface area contributed by atoms with Crippen LogP contribution in [0.2, 0.25) is 0 Å². The van der Waals surface area contributed by atoms with Crippen LogP contribution in [0.1, 0.15) is 41.5 Å². The smallest absolute Gasteiger partial charge is 0.163 e. The van der Waals surface area contributed by atoms with Crippen molar-refractivity contribution in [2.45, 2.75) is 33.1 Å². The van der Waals surface area contributed by atoms with Crippen molar-refractivity contribution in [3.05, 3.63) is 52.4 Å². The van der Waals surface area contributed by atoms with Gasteiger partial charge in [-0.15, -0.1) is 0 Å². The maximum atomic E-state index is 5.36. The molecule has 0 saturated carbocycles. The Morgan fingerprint density at radius 3 is 2.67 bits per heavy atom. The minimum absolute atomic E-state index is 0.938. The van der Waals surface area contributed by atoms with Crippen molar-refractivity contribution >= 4 is 11.6 Å². The molecule has 1 aromatic carbocycles. The second-order valence-electron chi connectivity index (χ2n) is 4.83. The van der Waals surface area contributed by atoms with Gasteiger partial charge in [0.25, 0.3) is 0 Å². The van der Waals surface area contributed by atoms with Crippen molar-refractivity contribution < 1.29 is 4.52 Å². The Balaban J connectivity index is 1.95. The third kappa shape index (κ3) is 1.88. The zero-order chi connectivity index (χ0) is 12.5. The van der Waals surface area contributed by atoms with Gasteiger partial charge in [-0.1, -0.05) is 36.3 Å². The van der Waals surface area contributed by atoms with E-state index in [1.807, 2.05) is 6.92 Å². The molecule has 0 fully saturated rings. The Labute approximate surface area is 107 Å². The van der Waals surface area contributed by atoms with E-state index < -0.39 is 0 Å². The van der Waals surface area contributed by atoms with Crippen LogP contribution in [0.3, 0.4) is 0 Å². The third-order valence-corrected chi connectivity index (χ3v) is 3.70. The summed E-state index contributed by atoms with van der Waals surface area (Å²) in [7, 11) is 0. The van der Waals surface area contributed by atoms with Gasteiger partial charge in [-0.25, -0.2) is 0 Å². The van der Waals surface area contributed by atoms with Gasteiger partial charge in [0.2, 0.25) is 0 Å². The van der Waals surface area contributed by atoms with E-state index in [4.69, 9.17) is 4.52 Å². The van der Waals surface area contributed by atoms with Crippen molar-refractivity contribution in [1.29, 1.82) is 0 Å². The van der Waals surface area contributed by atoms with Crippen molar-refractivity contribution in [2.75, 3.05) is 0 Å². The lowest BCUT2D eigenvalue weighted by molar-refractivity contribution is 0.407. The SMILES string of the molecule is CCc1ccc(C2=Cc3onc(C)c3CC2)cc1. The highest BCUT2D eigenvalue weighted by molar-refractivity contribution is 5.83. The second kappa shape index (κ2) is 4.45. The van der Waals surface area contributed by atoms with E-state index in [0.717, 1.165) is 30.7 Å². The van der Waals surface area contributed by atoms with E-state index in [2.05, 4.69) is 42.4 Å². The summed E-state index contributed by atoms with van der Waals surface area (Å²) in [5, 5.41) is 4.03. The number of fused-ring (bicyclic) bond motifs is 1. The quantitative estimate of drug-likeness (QED) is 0.790. The number of aryl methyl sites for hydroxylation is 2. The Bertz CT molecular complexity index is 590. The summed E-state index contributed by atoms with van der Waals surface area (Å²) in [5.41, 5.74) is 6.32. The van der Waals surface area contributed by atoms with Gasteiger partial charge < -0.3 is 4.52 Å². The predicted molar refractivity (Wildman–Crippen MR) is 73.3 cm³/mol. The molecule has 1 aliphatic rings. The number of aromatic nitrogens is 1. The molecule has 0 N–H and O–H groups in total. The monoisotopic (exact) mass is 239 g/mol. The number of hydrogen-bond donors (Lipinski definition) is 0. The molecule has 1 heterocycles. The molecule has 0 spiro atoms. The summed E-state index contributed by atoms with van der Waals surface area (Å²) >= 11 is 0. The highest BCUT2D eigenvalue weighted by Gasteiger charge is 2.17. The Kier molecular flexibility index (Phi) is 2.78. The van der Waals surface area contributed by atoms with Crippen LogP contribution in [0.4, 0.5) is 0 Å². The summed E-state index contributed by atoms with van der Waals surface area (Å²) < 4.78 is 5.36. The zero-order valence-electron chi connectivity index (χ0n) is 10.9. The van der Waals surface area contributed by atoms with Gasteiger partial charge in [-0.2, -0.15) is 0 Å². The standard InChI is InChI=1S/C16H17NO/c1-3-12-4-6-13(7-5-12)14-8-9-15-11(2)17-18-16(15)10-14/h4-7,10H,3,8-9H2,1-2H3. The second-order valence-corrected chi connectivity index (χ2v) is 4.83. The molecular weight excluding hydrogens is 222 g/mol. The van der Waals surface area contributed by atoms with Crippen LogP contribution in [-0.4, -0.2) is 5.16 Å². The Morgan fingerprint density at radius 1 is 1.17 bits per heavy atom. The first kappa shape index (κ1) is 11.3. The van der Waals surface area contributed by atoms with E-state index in [1.165, 1.54) is 22.3 Å². The fourth-order valence-electron chi connectivity index (χ4n) is 2.50. The Hall–Kier alpha value is -1.83. The molecule has 2 aromatic rings. The molecule has 18 heavy (non-hydrogen) atoms. The van der Waals surface area contributed by atoms with E-state index in [0.29, 0.717) is 0 Å². The fourth-order valence-corrected chi connectivity index (χ4v) is 2.50. The fraction of sp³-hybridized carbons (Fsp3) is 0.312. The summed E-state index contributed by atoms with van der Waals surface area (Å²) in [5.74, 6) is 0.938. The van der Waals surface area contributed by atoms with Crippen LogP contribution in [0.5, 0.6) is 0 Å². The number of hydrogen-bond acceptors (Lipinski definition) is 2. The summed E-state index contributed by atoms with van der Waals surface area (Å²) in [6, 6.07) is 8.83. The lowest BCUT2D eigenvalue weighted by atomic mass is 9.91. The van der Waals surface area contributed by atoms with Crippen LogP contribution in [0.25, 0.3) is 11.6 Å². The van der Waals surface area contributed by atoms with Crippen molar-refractivity contribution in [2.24, 2.45) is 0 Å². The third-order valence-electron chi connectivity index (χ3n) is 3.70. The number of nitrogens with zero attached hydrogens (tertiary/aromatic N) is 1. The molecule has 0 amide bonds. The van der Waals surface area contributed by atoms with Gasteiger partial charge in [-0.3, -0.25) is 0 Å². The van der Waals surface area contributed by atoms with Gasteiger partial charge in [-0.05, 0) is 49.0 Å². The molecule has 92 valence electrons. The molecular formula is C16H17NO. The molecule has 3 rings (SSSR count). The summed E-state index contributed by atoms with van der Waals surface area (Å²) in [6.45, 7) is 4.19. The van der Waals surface area contributed by atoms with E-state index >= 15 is 0 Å². The molecule has 1 aliphatic carbocycles.